The Balaban J connectivity index is 1.41. The van der Waals surface area contributed by atoms with Gasteiger partial charge in [0.05, 0.1) is 18.8 Å². The molecule has 2 aromatic rings. The Labute approximate surface area is 196 Å². The van der Waals surface area contributed by atoms with Crippen molar-refractivity contribution in [3.8, 4) is 11.5 Å². The minimum atomic E-state index is -0.529. The van der Waals surface area contributed by atoms with Crippen LogP contribution in [0.2, 0.25) is 0 Å². The van der Waals surface area contributed by atoms with Crippen LogP contribution in [0.5, 0.6) is 0 Å². The van der Waals surface area contributed by atoms with E-state index < -0.39 is 11.7 Å². The van der Waals surface area contributed by atoms with E-state index in [1.54, 1.807) is 18.7 Å². The lowest BCUT2D eigenvalue weighted by molar-refractivity contribution is 0.0604. The summed E-state index contributed by atoms with van der Waals surface area (Å²) < 4.78 is 10.7. The zero-order chi connectivity index (χ0) is 23.3. The molecule has 2 aliphatic rings. The summed E-state index contributed by atoms with van der Waals surface area (Å²) in [6, 6.07) is 8.54. The van der Waals surface area contributed by atoms with Crippen LogP contribution in [-0.2, 0) is 4.74 Å². The van der Waals surface area contributed by atoms with Crippen molar-refractivity contribution in [1.29, 1.82) is 0 Å². The number of aromatic nitrogens is 1. The van der Waals surface area contributed by atoms with Gasteiger partial charge in [-0.05, 0) is 70.7 Å². The molecule has 1 amide bonds. The lowest BCUT2D eigenvalue weighted by Gasteiger charge is -2.32. The predicted octanol–water partition coefficient (Wildman–Crippen LogP) is 5.95. The average Bonchev–Trinajstić information content (AvgIpc) is 3.33. The normalized spacial score (nSPS) is 23.2. The molecule has 0 bridgehead atoms. The molecule has 1 saturated heterocycles. The molecule has 176 valence electrons. The maximum atomic E-state index is 12.0. The number of rotatable bonds is 4. The van der Waals surface area contributed by atoms with E-state index in [1.807, 2.05) is 20.8 Å². The Hall–Kier alpha value is -2.96. The van der Waals surface area contributed by atoms with Crippen molar-refractivity contribution in [3.63, 3.8) is 0 Å². The van der Waals surface area contributed by atoms with Gasteiger partial charge in [0.2, 0.25) is 5.89 Å². The second-order valence-corrected chi connectivity index (χ2v) is 9.88. The van der Waals surface area contributed by atoms with Crippen LogP contribution in [0.25, 0.3) is 11.5 Å². The van der Waals surface area contributed by atoms with Gasteiger partial charge in [0.1, 0.15) is 11.9 Å². The molecule has 2 atom stereocenters. The number of amides is 1. The Morgan fingerprint density at radius 3 is 2.70 bits per heavy atom. The second-order valence-electron chi connectivity index (χ2n) is 9.88. The zero-order valence-corrected chi connectivity index (χ0v) is 19.9. The highest BCUT2D eigenvalue weighted by Crippen LogP contribution is 2.28. The van der Waals surface area contributed by atoms with Gasteiger partial charge in [-0.15, -0.1) is 0 Å². The number of benzene rings is 1. The second kappa shape index (κ2) is 10.3. The number of carbonyl (C=O) groups is 1. The number of carbonyl (C=O) groups excluding carboxylic acids is 1. The maximum absolute atomic E-state index is 12.0. The number of anilines is 1. The number of nitrogens with zero attached hydrogens (tertiary/aromatic N) is 4. The Bertz CT molecular complexity index is 974. The fraction of sp³-hybridized carbons (Fsp3) is 0.538. The number of oxazole rings is 1. The van der Waals surface area contributed by atoms with Crippen LogP contribution in [0.1, 0.15) is 59.3 Å². The molecule has 2 heterocycles. The Kier molecular flexibility index (Phi) is 7.26. The van der Waals surface area contributed by atoms with Crippen molar-refractivity contribution >= 4 is 23.7 Å². The third kappa shape index (κ3) is 6.53. The monoisotopic (exact) mass is 450 g/mol. The first-order valence-electron chi connectivity index (χ1n) is 11.9. The van der Waals surface area contributed by atoms with Crippen LogP contribution in [-0.4, -0.2) is 47.7 Å². The molecule has 2 fully saturated rings. The van der Waals surface area contributed by atoms with E-state index in [-0.39, 0.29) is 12.0 Å². The summed E-state index contributed by atoms with van der Waals surface area (Å²) in [7, 11) is 0. The topological polar surface area (TPSA) is 80.3 Å². The van der Waals surface area contributed by atoms with E-state index in [0.29, 0.717) is 5.89 Å². The van der Waals surface area contributed by atoms with Gasteiger partial charge < -0.3 is 14.1 Å². The van der Waals surface area contributed by atoms with Gasteiger partial charge in [-0.2, -0.15) is 4.99 Å². The van der Waals surface area contributed by atoms with E-state index in [0.717, 1.165) is 50.8 Å². The summed E-state index contributed by atoms with van der Waals surface area (Å²) in [5.41, 5.74) is 2.87. The minimum Gasteiger partial charge on any atom is -0.445 e. The van der Waals surface area contributed by atoms with Crippen molar-refractivity contribution in [2.24, 2.45) is 15.9 Å². The first-order valence-corrected chi connectivity index (χ1v) is 11.9. The first kappa shape index (κ1) is 23.2. The maximum Gasteiger partial charge on any atom is 0.433 e. The lowest BCUT2D eigenvalue weighted by Crippen LogP contribution is -2.37. The average molecular weight is 451 g/mol. The summed E-state index contributed by atoms with van der Waals surface area (Å²) in [4.78, 5) is 27.9. The molecule has 1 aromatic heterocycles. The Morgan fingerprint density at radius 2 is 1.97 bits per heavy atom. The van der Waals surface area contributed by atoms with Gasteiger partial charge in [-0.25, -0.2) is 9.78 Å². The molecule has 0 radical (unpaired) electrons. The summed E-state index contributed by atoms with van der Waals surface area (Å²) in [5.74, 6) is 0.827. The van der Waals surface area contributed by atoms with E-state index in [1.165, 1.54) is 17.8 Å². The quantitative estimate of drug-likeness (QED) is 0.538. The van der Waals surface area contributed by atoms with E-state index >= 15 is 0 Å². The molecular formula is C26H34N4O3. The molecule has 1 aromatic carbocycles. The molecule has 2 unspecified atom stereocenters. The third-order valence-electron chi connectivity index (χ3n) is 6.07. The van der Waals surface area contributed by atoms with Crippen LogP contribution >= 0.6 is 0 Å². The molecule has 1 aliphatic carbocycles. The fourth-order valence-corrected chi connectivity index (χ4v) is 4.51. The standard InChI is InChI=1S/C26H34N4O3/c1-26(2,3)33-25(31)28-17-20-7-4-5-9-23(20)29-21-8-6-15-30(18-21)22-12-10-19(11-13-22)24-27-14-16-32-24/h10-14,16-17,20,23H,4-9,15,18H2,1-3H3/b28-17-,29-21?. The van der Waals surface area contributed by atoms with E-state index in [9.17, 15) is 4.79 Å². The van der Waals surface area contributed by atoms with Crippen molar-refractivity contribution in [2.45, 2.75) is 70.9 Å². The van der Waals surface area contributed by atoms with Crippen molar-refractivity contribution in [2.75, 3.05) is 18.0 Å². The predicted molar refractivity (Wildman–Crippen MR) is 131 cm³/mol. The number of ether oxygens (including phenoxy) is 1. The molecular weight excluding hydrogens is 416 g/mol. The number of hydrogen-bond donors (Lipinski definition) is 0. The van der Waals surface area contributed by atoms with Crippen molar-refractivity contribution in [1.82, 2.24) is 4.98 Å². The molecule has 1 aliphatic heterocycles. The highest BCUT2D eigenvalue weighted by atomic mass is 16.6. The Morgan fingerprint density at radius 1 is 1.18 bits per heavy atom. The molecule has 7 heteroatoms. The number of hydrogen-bond acceptors (Lipinski definition) is 6. The molecule has 0 spiro atoms. The van der Waals surface area contributed by atoms with Gasteiger partial charge >= 0.3 is 6.09 Å². The largest absolute Gasteiger partial charge is 0.445 e. The van der Waals surface area contributed by atoms with Crippen LogP contribution in [0, 0.1) is 5.92 Å². The lowest BCUT2D eigenvalue weighted by atomic mass is 9.85. The smallest absolute Gasteiger partial charge is 0.433 e. The van der Waals surface area contributed by atoms with Crippen LogP contribution in [0.4, 0.5) is 10.5 Å². The van der Waals surface area contributed by atoms with E-state index in [4.69, 9.17) is 14.1 Å². The summed E-state index contributed by atoms with van der Waals surface area (Å²) in [6.45, 7) is 7.42. The number of aliphatic imine (C=N–C) groups is 2. The molecule has 4 rings (SSSR count). The highest BCUT2D eigenvalue weighted by Gasteiger charge is 2.26. The summed E-state index contributed by atoms with van der Waals surface area (Å²) >= 11 is 0. The zero-order valence-electron chi connectivity index (χ0n) is 19.9. The van der Waals surface area contributed by atoms with Crippen LogP contribution in [0.3, 0.4) is 0 Å². The number of piperidine rings is 1. The van der Waals surface area contributed by atoms with Gasteiger partial charge in [-0.3, -0.25) is 4.99 Å². The van der Waals surface area contributed by atoms with Gasteiger partial charge in [0, 0.05) is 35.6 Å². The SMILES string of the molecule is CC(C)(C)OC(=O)/N=C\C1CCCCC1N=C1CCCN(c2ccc(-c3ncco3)cc2)C1. The van der Waals surface area contributed by atoms with Crippen molar-refractivity contribution < 1.29 is 13.9 Å². The van der Waals surface area contributed by atoms with Gasteiger partial charge in [0.15, 0.2) is 0 Å². The molecule has 33 heavy (non-hydrogen) atoms. The van der Waals surface area contributed by atoms with Gasteiger partial charge in [-0.1, -0.05) is 12.8 Å². The fourth-order valence-electron chi connectivity index (χ4n) is 4.51. The molecule has 0 N–H and O–H groups in total. The van der Waals surface area contributed by atoms with E-state index in [2.05, 4.69) is 39.1 Å². The third-order valence-corrected chi connectivity index (χ3v) is 6.07. The first-order chi connectivity index (χ1) is 15.9. The van der Waals surface area contributed by atoms with Crippen molar-refractivity contribution in [3.05, 3.63) is 36.7 Å². The van der Waals surface area contributed by atoms with Gasteiger partial charge in [0.25, 0.3) is 0 Å². The van der Waals surface area contributed by atoms with Crippen LogP contribution in [0.15, 0.2) is 51.1 Å². The van der Waals surface area contributed by atoms with Crippen LogP contribution < -0.4 is 4.90 Å². The minimum absolute atomic E-state index is 0.187. The molecule has 1 saturated carbocycles. The summed E-state index contributed by atoms with van der Waals surface area (Å²) in [6.07, 6.45) is 11.0. The summed E-state index contributed by atoms with van der Waals surface area (Å²) in [5, 5.41) is 0. The highest BCUT2D eigenvalue weighted by molar-refractivity contribution is 5.90. The molecule has 7 nitrogen and oxygen atoms in total.